The molecule has 3 rings (SSSR count). The SMILES string of the molecule is C[C@@H]1CCN(CC(=O)N(C)CCn2ccc3ccccc32)C1=O. The summed E-state index contributed by atoms with van der Waals surface area (Å²) in [6, 6.07) is 10.3. The van der Waals surface area contributed by atoms with E-state index in [9.17, 15) is 9.59 Å². The van der Waals surface area contributed by atoms with Gasteiger partial charge in [-0.1, -0.05) is 25.1 Å². The van der Waals surface area contributed by atoms with E-state index >= 15 is 0 Å². The van der Waals surface area contributed by atoms with E-state index in [-0.39, 0.29) is 24.3 Å². The Balaban J connectivity index is 1.55. The largest absolute Gasteiger partial charge is 0.346 e. The second-order valence-corrected chi connectivity index (χ2v) is 6.33. The van der Waals surface area contributed by atoms with Gasteiger partial charge in [0.05, 0.1) is 6.54 Å². The summed E-state index contributed by atoms with van der Waals surface area (Å²) in [5, 5.41) is 1.21. The number of likely N-dealkylation sites (N-methyl/N-ethyl adjacent to an activating group) is 1. The molecule has 0 aliphatic carbocycles. The number of hydrogen-bond acceptors (Lipinski definition) is 2. The summed E-state index contributed by atoms with van der Waals surface area (Å²) in [5.41, 5.74) is 1.18. The normalized spacial score (nSPS) is 17.9. The van der Waals surface area contributed by atoms with Crippen LogP contribution in [0.2, 0.25) is 0 Å². The number of para-hydroxylation sites is 1. The van der Waals surface area contributed by atoms with E-state index in [1.165, 1.54) is 10.9 Å². The Morgan fingerprint density at radius 3 is 2.83 bits per heavy atom. The van der Waals surface area contributed by atoms with Crippen molar-refractivity contribution in [2.75, 3.05) is 26.7 Å². The molecule has 0 spiro atoms. The molecule has 5 nitrogen and oxygen atoms in total. The van der Waals surface area contributed by atoms with Crippen LogP contribution in [-0.2, 0) is 16.1 Å². The van der Waals surface area contributed by atoms with Gasteiger partial charge < -0.3 is 14.4 Å². The lowest BCUT2D eigenvalue weighted by atomic mass is 10.1. The average molecular weight is 313 g/mol. The molecule has 122 valence electrons. The quantitative estimate of drug-likeness (QED) is 0.847. The minimum absolute atomic E-state index is 0.00362. The Kier molecular flexibility index (Phi) is 4.37. The lowest BCUT2D eigenvalue weighted by Gasteiger charge is -2.22. The third kappa shape index (κ3) is 3.23. The van der Waals surface area contributed by atoms with Gasteiger partial charge in [0.25, 0.3) is 0 Å². The highest BCUT2D eigenvalue weighted by atomic mass is 16.2. The number of amides is 2. The van der Waals surface area contributed by atoms with Crippen molar-refractivity contribution < 1.29 is 9.59 Å². The number of aromatic nitrogens is 1. The van der Waals surface area contributed by atoms with Gasteiger partial charge in [-0.25, -0.2) is 0 Å². The van der Waals surface area contributed by atoms with E-state index in [1.54, 1.807) is 16.8 Å². The molecule has 23 heavy (non-hydrogen) atoms. The molecule has 0 bridgehead atoms. The standard InChI is InChI=1S/C18H23N3O2/c1-14-7-9-21(18(14)23)13-17(22)19(2)11-12-20-10-8-15-5-3-4-6-16(15)20/h3-6,8,10,14H,7,9,11-13H2,1-2H3/t14-/m1/s1. The third-order valence-corrected chi connectivity index (χ3v) is 4.67. The van der Waals surface area contributed by atoms with Crippen LogP contribution in [0.25, 0.3) is 10.9 Å². The molecule has 1 atom stereocenters. The first-order valence-corrected chi connectivity index (χ1v) is 8.13. The van der Waals surface area contributed by atoms with Crippen molar-refractivity contribution in [3.63, 3.8) is 0 Å². The summed E-state index contributed by atoms with van der Waals surface area (Å²) in [4.78, 5) is 27.6. The van der Waals surface area contributed by atoms with Gasteiger partial charge in [0, 0.05) is 44.3 Å². The number of fused-ring (bicyclic) bond motifs is 1. The lowest BCUT2D eigenvalue weighted by molar-refractivity contribution is -0.138. The molecule has 0 N–H and O–H groups in total. The number of carbonyl (C=O) groups excluding carboxylic acids is 2. The van der Waals surface area contributed by atoms with Gasteiger partial charge in [-0.3, -0.25) is 9.59 Å². The molecule has 1 fully saturated rings. The number of benzene rings is 1. The van der Waals surface area contributed by atoms with Crippen molar-refractivity contribution in [2.45, 2.75) is 19.9 Å². The Morgan fingerprint density at radius 2 is 2.09 bits per heavy atom. The lowest BCUT2D eigenvalue weighted by Crippen LogP contribution is -2.40. The van der Waals surface area contributed by atoms with Crippen molar-refractivity contribution in [2.24, 2.45) is 5.92 Å². The van der Waals surface area contributed by atoms with E-state index in [0.717, 1.165) is 13.0 Å². The zero-order chi connectivity index (χ0) is 16.4. The highest BCUT2D eigenvalue weighted by Gasteiger charge is 2.29. The van der Waals surface area contributed by atoms with E-state index < -0.39 is 0 Å². The number of hydrogen-bond donors (Lipinski definition) is 0. The maximum absolute atomic E-state index is 12.3. The maximum atomic E-state index is 12.3. The third-order valence-electron chi connectivity index (χ3n) is 4.67. The molecule has 2 aromatic rings. The van der Waals surface area contributed by atoms with Gasteiger partial charge in [-0.2, -0.15) is 0 Å². The summed E-state index contributed by atoms with van der Waals surface area (Å²) in [5.74, 6) is 0.159. The summed E-state index contributed by atoms with van der Waals surface area (Å²) >= 11 is 0. The molecule has 0 radical (unpaired) electrons. The minimum atomic E-state index is 0.00362. The maximum Gasteiger partial charge on any atom is 0.241 e. The second kappa shape index (κ2) is 6.44. The first-order valence-electron chi connectivity index (χ1n) is 8.13. The molecular formula is C18H23N3O2. The molecule has 5 heteroatoms. The zero-order valence-corrected chi connectivity index (χ0v) is 13.7. The van der Waals surface area contributed by atoms with Crippen LogP contribution in [0.5, 0.6) is 0 Å². The predicted octanol–water partition coefficient (Wildman–Crippen LogP) is 1.97. The topological polar surface area (TPSA) is 45.6 Å². The molecule has 1 aliphatic rings. The summed E-state index contributed by atoms with van der Waals surface area (Å²) < 4.78 is 2.15. The first-order chi connectivity index (χ1) is 11.1. The van der Waals surface area contributed by atoms with Gasteiger partial charge in [0.2, 0.25) is 11.8 Å². The van der Waals surface area contributed by atoms with Crippen LogP contribution in [0, 0.1) is 5.92 Å². The molecular weight excluding hydrogens is 290 g/mol. The van der Waals surface area contributed by atoms with Crippen LogP contribution in [0.15, 0.2) is 36.5 Å². The van der Waals surface area contributed by atoms with Crippen LogP contribution < -0.4 is 0 Å². The minimum Gasteiger partial charge on any atom is -0.346 e. The van der Waals surface area contributed by atoms with Gasteiger partial charge in [-0.05, 0) is 23.9 Å². The van der Waals surface area contributed by atoms with Crippen molar-refractivity contribution >= 4 is 22.7 Å². The average Bonchev–Trinajstić information content (AvgIpc) is 3.11. The van der Waals surface area contributed by atoms with Crippen LogP contribution >= 0.6 is 0 Å². The van der Waals surface area contributed by atoms with Crippen molar-refractivity contribution in [3.8, 4) is 0 Å². The van der Waals surface area contributed by atoms with Gasteiger partial charge in [0.1, 0.15) is 0 Å². The Labute approximate surface area is 136 Å². The highest BCUT2D eigenvalue weighted by Crippen LogP contribution is 2.17. The van der Waals surface area contributed by atoms with Crippen molar-refractivity contribution in [3.05, 3.63) is 36.5 Å². The van der Waals surface area contributed by atoms with Gasteiger partial charge in [-0.15, -0.1) is 0 Å². The fraction of sp³-hybridized carbons (Fsp3) is 0.444. The van der Waals surface area contributed by atoms with Crippen LogP contribution in [-0.4, -0.2) is 52.9 Å². The molecule has 2 amide bonds. The van der Waals surface area contributed by atoms with Crippen LogP contribution in [0.4, 0.5) is 0 Å². The van der Waals surface area contributed by atoms with E-state index in [0.29, 0.717) is 13.1 Å². The number of likely N-dealkylation sites (tertiary alicyclic amines) is 1. The molecule has 2 heterocycles. The monoisotopic (exact) mass is 313 g/mol. The van der Waals surface area contributed by atoms with Crippen molar-refractivity contribution in [1.29, 1.82) is 0 Å². The van der Waals surface area contributed by atoms with Gasteiger partial charge in [0.15, 0.2) is 0 Å². The van der Waals surface area contributed by atoms with E-state index in [1.807, 2.05) is 19.1 Å². The summed E-state index contributed by atoms with van der Waals surface area (Å²) in [6.07, 6.45) is 2.90. The van der Waals surface area contributed by atoms with Crippen molar-refractivity contribution in [1.82, 2.24) is 14.4 Å². The number of carbonyl (C=O) groups is 2. The van der Waals surface area contributed by atoms with Crippen LogP contribution in [0.3, 0.4) is 0 Å². The Morgan fingerprint density at radius 1 is 1.30 bits per heavy atom. The fourth-order valence-corrected chi connectivity index (χ4v) is 3.05. The molecule has 1 aromatic heterocycles. The summed E-state index contributed by atoms with van der Waals surface area (Å²) in [7, 11) is 1.80. The highest BCUT2D eigenvalue weighted by molar-refractivity contribution is 5.87. The molecule has 0 unspecified atom stereocenters. The number of nitrogens with zero attached hydrogens (tertiary/aromatic N) is 3. The Bertz CT molecular complexity index is 722. The second-order valence-electron chi connectivity index (χ2n) is 6.33. The van der Waals surface area contributed by atoms with E-state index in [2.05, 4.69) is 29.0 Å². The predicted molar refractivity (Wildman–Crippen MR) is 89.9 cm³/mol. The first kappa shape index (κ1) is 15.6. The molecule has 1 saturated heterocycles. The summed E-state index contributed by atoms with van der Waals surface area (Å²) in [6.45, 7) is 4.21. The zero-order valence-electron chi connectivity index (χ0n) is 13.7. The molecule has 1 aliphatic heterocycles. The van der Waals surface area contributed by atoms with Crippen LogP contribution in [0.1, 0.15) is 13.3 Å². The Hall–Kier alpha value is -2.30. The smallest absolute Gasteiger partial charge is 0.241 e. The van der Waals surface area contributed by atoms with E-state index in [4.69, 9.17) is 0 Å². The number of rotatable bonds is 5. The van der Waals surface area contributed by atoms with Gasteiger partial charge >= 0.3 is 0 Å². The molecule has 0 saturated carbocycles. The molecule has 1 aromatic carbocycles. The fourth-order valence-electron chi connectivity index (χ4n) is 3.05.